The van der Waals surface area contributed by atoms with Gasteiger partial charge in [-0.05, 0) is 24.5 Å². The molecule has 4 heteroatoms. The van der Waals surface area contributed by atoms with Gasteiger partial charge in [-0.2, -0.15) is 0 Å². The minimum Gasteiger partial charge on any atom is -0.493 e. The summed E-state index contributed by atoms with van der Waals surface area (Å²) in [6.07, 6.45) is 2.54. The van der Waals surface area contributed by atoms with Crippen LogP contribution in [0, 0.1) is 0 Å². The fourth-order valence-electron chi connectivity index (χ4n) is 1.61. The number of hydrogen-bond acceptors (Lipinski definition) is 3. The second-order valence-corrected chi connectivity index (χ2v) is 4.31. The molecular formula is C12H16ClNO2. The van der Waals surface area contributed by atoms with E-state index >= 15 is 0 Å². The molecule has 0 radical (unpaired) electrons. The SMILES string of the molecule is COc1ccc(CNC2CC2)c(Cl)c1OC. The molecule has 0 amide bonds. The van der Waals surface area contributed by atoms with Crippen LogP contribution in [0.15, 0.2) is 12.1 Å². The third kappa shape index (κ3) is 2.42. The second-order valence-electron chi connectivity index (χ2n) is 3.93. The van der Waals surface area contributed by atoms with Gasteiger partial charge in [-0.1, -0.05) is 17.7 Å². The molecule has 0 bridgehead atoms. The molecule has 3 nitrogen and oxygen atoms in total. The van der Waals surface area contributed by atoms with E-state index in [1.54, 1.807) is 14.2 Å². The first-order valence-corrected chi connectivity index (χ1v) is 5.76. The number of hydrogen-bond donors (Lipinski definition) is 1. The summed E-state index contributed by atoms with van der Waals surface area (Å²) in [5.74, 6) is 1.28. The molecule has 2 rings (SSSR count). The van der Waals surface area contributed by atoms with Crippen LogP contribution < -0.4 is 14.8 Å². The molecule has 1 aromatic carbocycles. The van der Waals surface area contributed by atoms with Gasteiger partial charge in [0, 0.05) is 12.6 Å². The average molecular weight is 242 g/mol. The van der Waals surface area contributed by atoms with E-state index in [1.807, 2.05) is 12.1 Å². The van der Waals surface area contributed by atoms with Crippen molar-refractivity contribution in [3.63, 3.8) is 0 Å². The van der Waals surface area contributed by atoms with E-state index < -0.39 is 0 Å². The van der Waals surface area contributed by atoms with Gasteiger partial charge in [0.1, 0.15) is 0 Å². The lowest BCUT2D eigenvalue weighted by Gasteiger charge is -2.13. The Labute approximate surface area is 101 Å². The van der Waals surface area contributed by atoms with Gasteiger partial charge in [0.05, 0.1) is 19.2 Å². The van der Waals surface area contributed by atoms with Crippen molar-refractivity contribution in [2.45, 2.75) is 25.4 Å². The Morgan fingerprint density at radius 3 is 2.62 bits per heavy atom. The Morgan fingerprint density at radius 1 is 1.31 bits per heavy atom. The molecule has 1 fully saturated rings. The fourth-order valence-corrected chi connectivity index (χ4v) is 1.91. The lowest BCUT2D eigenvalue weighted by molar-refractivity contribution is 0.354. The molecule has 1 aliphatic carbocycles. The van der Waals surface area contributed by atoms with Crippen LogP contribution in [-0.2, 0) is 6.54 Å². The maximum Gasteiger partial charge on any atom is 0.179 e. The van der Waals surface area contributed by atoms with E-state index in [9.17, 15) is 0 Å². The Balaban J connectivity index is 2.17. The molecule has 1 saturated carbocycles. The highest BCUT2D eigenvalue weighted by Gasteiger charge is 2.21. The van der Waals surface area contributed by atoms with Gasteiger partial charge in [-0.3, -0.25) is 0 Å². The van der Waals surface area contributed by atoms with Crippen LogP contribution in [0.25, 0.3) is 0 Å². The van der Waals surface area contributed by atoms with Crippen LogP contribution in [0.4, 0.5) is 0 Å². The zero-order chi connectivity index (χ0) is 11.5. The number of methoxy groups -OCH3 is 2. The van der Waals surface area contributed by atoms with E-state index in [2.05, 4.69) is 5.32 Å². The van der Waals surface area contributed by atoms with Gasteiger partial charge in [0.15, 0.2) is 11.5 Å². The first-order chi connectivity index (χ1) is 7.76. The summed E-state index contributed by atoms with van der Waals surface area (Å²) in [4.78, 5) is 0. The van der Waals surface area contributed by atoms with Crippen molar-refractivity contribution in [2.75, 3.05) is 14.2 Å². The van der Waals surface area contributed by atoms with E-state index in [1.165, 1.54) is 12.8 Å². The van der Waals surface area contributed by atoms with Gasteiger partial charge >= 0.3 is 0 Å². The smallest absolute Gasteiger partial charge is 0.179 e. The number of ether oxygens (including phenoxy) is 2. The molecule has 1 aromatic rings. The largest absolute Gasteiger partial charge is 0.493 e. The normalized spacial score (nSPS) is 14.9. The van der Waals surface area contributed by atoms with Crippen molar-refractivity contribution in [3.05, 3.63) is 22.7 Å². The molecule has 1 aliphatic rings. The Bertz CT molecular complexity index is 378. The number of benzene rings is 1. The van der Waals surface area contributed by atoms with Gasteiger partial charge in [-0.25, -0.2) is 0 Å². The Kier molecular flexibility index (Phi) is 3.56. The molecule has 0 aliphatic heterocycles. The third-order valence-corrected chi connectivity index (χ3v) is 3.14. The summed E-state index contributed by atoms with van der Waals surface area (Å²) in [6.45, 7) is 0.782. The van der Waals surface area contributed by atoms with Crippen LogP contribution in [0.3, 0.4) is 0 Å². The molecule has 0 heterocycles. The van der Waals surface area contributed by atoms with Crippen LogP contribution in [0.5, 0.6) is 11.5 Å². The first kappa shape index (κ1) is 11.6. The molecule has 0 unspecified atom stereocenters. The van der Waals surface area contributed by atoms with Crippen molar-refractivity contribution in [1.82, 2.24) is 5.32 Å². The molecule has 16 heavy (non-hydrogen) atoms. The third-order valence-electron chi connectivity index (χ3n) is 2.72. The quantitative estimate of drug-likeness (QED) is 0.860. The van der Waals surface area contributed by atoms with Crippen molar-refractivity contribution in [2.24, 2.45) is 0 Å². The van der Waals surface area contributed by atoms with E-state index in [0.29, 0.717) is 22.6 Å². The van der Waals surface area contributed by atoms with Crippen LogP contribution in [-0.4, -0.2) is 20.3 Å². The monoisotopic (exact) mass is 241 g/mol. The molecule has 0 aromatic heterocycles. The summed E-state index contributed by atoms with van der Waals surface area (Å²) >= 11 is 6.25. The van der Waals surface area contributed by atoms with E-state index in [0.717, 1.165) is 12.1 Å². The lowest BCUT2D eigenvalue weighted by Crippen LogP contribution is -2.15. The number of rotatable bonds is 5. The minimum atomic E-state index is 0.610. The standard InChI is InChI=1S/C12H16ClNO2/c1-15-10-6-3-8(7-14-9-4-5-9)11(13)12(10)16-2/h3,6,9,14H,4-5,7H2,1-2H3. The van der Waals surface area contributed by atoms with Gasteiger partial charge in [0.25, 0.3) is 0 Å². The van der Waals surface area contributed by atoms with E-state index in [4.69, 9.17) is 21.1 Å². The summed E-state index contributed by atoms with van der Waals surface area (Å²) in [5.41, 5.74) is 1.05. The molecular weight excluding hydrogens is 226 g/mol. The van der Waals surface area contributed by atoms with E-state index in [-0.39, 0.29) is 0 Å². The maximum atomic E-state index is 6.25. The summed E-state index contributed by atoms with van der Waals surface area (Å²) in [7, 11) is 3.21. The summed E-state index contributed by atoms with van der Waals surface area (Å²) in [5, 5.41) is 4.06. The zero-order valence-corrected chi connectivity index (χ0v) is 10.3. The first-order valence-electron chi connectivity index (χ1n) is 5.39. The van der Waals surface area contributed by atoms with Gasteiger partial charge in [-0.15, -0.1) is 0 Å². The van der Waals surface area contributed by atoms with Crippen molar-refractivity contribution < 1.29 is 9.47 Å². The number of halogens is 1. The minimum absolute atomic E-state index is 0.610. The summed E-state index contributed by atoms with van der Waals surface area (Å²) < 4.78 is 10.4. The second kappa shape index (κ2) is 4.93. The fraction of sp³-hybridized carbons (Fsp3) is 0.500. The predicted octanol–water partition coefficient (Wildman–Crippen LogP) is 2.61. The molecule has 0 saturated heterocycles. The van der Waals surface area contributed by atoms with Crippen molar-refractivity contribution >= 4 is 11.6 Å². The highest BCUT2D eigenvalue weighted by atomic mass is 35.5. The average Bonchev–Trinajstić information content (AvgIpc) is 3.11. The van der Waals surface area contributed by atoms with Crippen LogP contribution in [0.1, 0.15) is 18.4 Å². The summed E-state index contributed by atoms with van der Waals surface area (Å²) in [6, 6.07) is 4.53. The lowest BCUT2D eigenvalue weighted by atomic mass is 10.2. The Morgan fingerprint density at radius 2 is 2.06 bits per heavy atom. The zero-order valence-electron chi connectivity index (χ0n) is 9.55. The highest BCUT2D eigenvalue weighted by Crippen LogP contribution is 2.37. The van der Waals surface area contributed by atoms with Gasteiger partial charge < -0.3 is 14.8 Å². The Hall–Kier alpha value is -0.930. The maximum absolute atomic E-state index is 6.25. The van der Waals surface area contributed by atoms with Crippen molar-refractivity contribution in [1.29, 1.82) is 0 Å². The van der Waals surface area contributed by atoms with Crippen LogP contribution in [0.2, 0.25) is 5.02 Å². The topological polar surface area (TPSA) is 30.5 Å². The highest BCUT2D eigenvalue weighted by molar-refractivity contribution is 6.33. The van der Waals surface area contributed by atoms with Crippen molar-refractivity contribution in [3.8, 4) is 11.5 Å². The number of nitrogens with one attached hydrogen (secondary N) is 1. The molecule has 88 valence electrons. The van der Waals surface area contributed by atoms with Crippen LogP contribution >= 0.6 is 11.6 Å². The predicted molar refractivity (Wildman–Crippen MR) is 64.4 cm³/mol. The molecule has 1 N–H and O–H groups in total. The molecule has 0 atom stereocenters. The molecule has 0 spiro atoms. The van der Waals surface area contributed by atoms with Gasteiger partial charge in [0.2, 0.25) is 0 Å².